The van der Waals surface area contributed by atoms with Crippen molar-refractivity contribution in [1.29, 1.82) is 0 Å². The summed E-state index contributed by atoms with van der Waals surface area (Å²) in [6.07, 6.45) is 0.255. The Kier molecular flexibility index (Phi) is 1.73. The molecule has 0 spiro atoms. The van der Waals surface area contributed by atoms with Gasteiger partial charge in [-0.25, -0.2) is 0 Å². The summed E-state index contributed by atoms with van der Waals surface area (Å²) in [6, 6.07) is 1.86. The number of carboxylic acid groups (broad SMARTS) is 1. The first-order chi connectivity index (χ1) is 6.58. The number of rotatable bonds is 1. The Morgan fingerprint density at radius 1 is 1.43 bits per heavy atom. The van der Waals surface area contributed by atoms with Crippen LogP contribution < -0.4 is 10.4 Å². The predicted molar refractivity (Wildman–Crippen MR) is 45.9 cm³/mol. The molecule has 1 aromatic rings. The van der Waals surface area contributed by atoms with Crippen LogP contribution in [-0.4, -0.2) is 22.2 Å². The fraction of sp³-hybridized carbons (Fsp3) is 0.222. The van der Waals surface area contributed by atoms with E-state index in [9.17, 15) is 9.90 Å². The molecule has 74 valence electrons. The maximum absolute atomic E-state index is 10.5. The SMILES string of the molecule is O=C([O-])[C@@H]1Cc2cc(O)c(O)cc2N1. The summed E-state index contributed by atoms with van der Waals surface area (Å²) >= 11 is 0. The molecule has 0 aromatic heterocycles. The van der Waals surface area contributed by atoms with Gasteiger partial charge in [0.2, 0.25) is 0 Å². The third-order valence-electron chi connectivity index (χ3n) is 2.24. The molecule has 2 rings (SSSR count). The highest BCUT2D eigenvalue weighted by molar-refractivity contribution is 5.80. The van der Waals surface area contributed by atoms with Gasteiger partial charge in [-0.1, -0.05) is 0 Å². The number of nitrogens with one attached hydrogen (secondary N) is 1. The van der Waals surface area contributed by atoms with Crippen LogP contribution in [0.4, 0.5) is 5.69 Å². The summed E-state index contributed by atoms with van der Waals surface area (Å²) < 4.78 is 0. The van der Waals surface area contributed by atoms with Crippen LogP contribution in [0.5, 0.6) is 11.5 Å². The van der Waals surface area contributed by atoms with Crippen LogP contribution in [-0.2, 0) is 11.2 Å². The van der Waals surface area contributed by atoms with E-state index in [0.717, 1.165) is 0 Å². The van der Waals surface area contributed by atoms with Gasteiger partial charge in [-0.2, -0.15) is 0 Å². The molecule has 1 atom stereocenters. The van der Waals surface area contributed by atoms with Gasteiger partial charge in [0.15, 0.2) is 11.5 Å². The number of phenolic OH excluding ortho intramolecular Hbond substituents is 2. The Morgan fingerprint density at radius 3 is 2.71 bits per heavy atom. The number of benzene rings is 1. The normalized spacial score (nSPS) is 18.7. The Morgan fingerprint density at radius 2 is 2.07 bits per heavy atom. The highest BCUT2D eigenvalue weighted by atomic mass is 16.4. The van der Waals surface area contributed by atoms with Gasteiger partial charge in [-0.3, -0.25) is 0 Å². The molecule has 1 heterocycles. The molecule has 1 aliphatic heterocycles. The number of fused-ring (bicyclic) bond motifs is 1. The number of anilines is 1. The first kappa shape index (κ1) is 8.68. The van der Waals surface area contributed by atoms with Crippen molar-refractivity contribution >= 4 is 11.7 Å². The third kappa shape index (κ3) is 1.22. The Hall–Kier alpha value is -1.91. The summed E-state index contributed by atoms with van der Waals surface area (Å²) in [6.45, 7) is 0. The van der Waals surface area contributed by atoms with Gasteiger partial charge in [0.25, 0.3) is 0 Å². The minimum atomic E-state index is -1.19. The zero-order valence-electron chi connectivity index (χ0n) is 7.15. The number of aliphatic carboxylic acids is 1. The molecule has 1 aliphatic rings. The summed E-state index contributed by atoms with van der Waals surface area (Å²) in [4.78, 5) is 10.5. The quantitative estimate of drug-likeness (QED) is 0.401. The largest absolute Gasteiger partial charge is 0.548 e. The molecule has 0 bridgehead atoms. The molecule has 3 N–H and O–H groups in total. The van der Waals surface area contributed by atoms with E-state index in [0.29, 0.717) is 11.3 Å². The Labute approximate surface area is 79.6 Å². The molecule has 0 amide bonds. The lowest BCUT2D eigenvalue weighted by molar-refractivity contribution is -0.306. The topological polar surface area (TPSA) is 92.6 Å². The van der Waals surface area contributed by atoms with Crippen molar-refractivity contribution in [3.05, 3.63) is 17.7 Å². The molecule has 5 heteroatoms. The van der Waals surface area contributed by atoms with Crippen molar-refractivity contribution in [3.8, 4) is 11.5 Å². The van der Waals surface area contributed by atoms with Gasteiger partial charge in [-0.15, -0.1) is 0 Å². The maximum Gasteiger partial charge on any atom is 0.159 e. The second-order valence-electron chi connectivity index (χ2n) is 3.22. The van der Waals surface area contributed by atoms with Gasteiger partial charge in [0, 0.05) is 18.2 Å². The monoisotopic (exact) mass is 194 g/mol. The van der Waals surface area contributed by atoms with Crippen LogP contribution in [0.15, 0.2) is 12.1 Å². The molecule has 0 saturated carbocycles. The minimum absolute atomic E-state index is 0.246. The van der Waals surface area contributed by atoms with E-state index in [1.807, 2.05) is 0 Å². The third-order valence-corrected chi connectivity index (χ3v) is 2.24. The average molecular weight is 194 g/mol. The fourth-order valence-corrected chi connectivity index (χ4v) is 1.52. The molecule has 0 radical (unpaired) electrons. The Balaban J connectivity index is 2.36. The zero-order valence-corrected chi connectivity index (χ0v) is 7.15. The van der Waals surface area contributed by atoms with E-state index in [2.05, 4.69) is 5.32 Å². The van der Waals surface area contributed by atoms with Crippen molar-refractivity contribution in [2.75, 3.05) is 5.32 Å². The number of hydrogen-bond acceptors (Lipinski definition) is 5. The zero-order chi connectivity index (χ0) is 10.3. The van der Waals surface area contributed by atoms with Gasteiger partial charge < -0.3 is 25.4 Å². The fourth-order valence-electron chi connectivity index (χ4n) is 1.52. The van der Waals surface area contributed by atoms with Gasteiger partial charge in [0.1, 0.15) is 0 Å². The lowest BCUT2D eigenvalue weighted by Crippen LogP contribution is -2.39. The lowest BCUT2D eigenvalue weighted by atomic mass is 10.1. The van der Waals surface area contributed by atoms with Crippen LogP contribution in [0.3, 0.4) is 0 Å². The number of aromatic hydroxyl groups is 2. The molecular formula is C9H8NO4-. The standard InChI is InChI=1S/C9H9NO4/c11-7-2-4-1-6(9(13)14)10-5(4)3-8(7)12/h2-3,6,10-12H,1H2,(H,13,14)/p-1/t6-/m0/s1. The Bertz CT molecular complexity index is 371. The first-order valence-electron chi connectivity index (χ1n) is 4.10. The van der Waals surface area contributed by atoms with Gasteiger partial charge in [0.05, 0.1) is 12.0 Å². The summed E-state index contributed by atoms with van der Waals surface area (Å²) in [5.41, 5.74) is 1.18. The van der Waals surface area contributed by atoms with E-state index in [-0.39, 0.29) is 17.9 Å². The van der Waals surface area contributed by atoms with Crippen LogP contribution in [0.2, 0.25) is 0 Å². The number of carbonyl (C=O) groups is 1. The number of carbonyl (C=O) groups excluding carboxylic acids is 1. The van der Waals surface area contributed by atoms with E-state index >= 15 is 0 Å². The number of carboxylic acids is 1. The smallest absolute Gasteiger partial charge is 0.159 e. The molecule has 0 saturated heterocycles. The summed E-state index contributed by atoms with van der Waals surface area (Å²) in [5.74, 6) is -1.71. The molecule has 0 unspecified atom stereocenters. The second kappa shape index (κ2) is 2.80. The lowest BCUT2D eigenvalue weighted by Gasteiger charge is -2.11. The molecule has 14 heavy (non-hydrogen) atoms. The molecule has 0 fully saturated rings. The highest BCUT2D eigenvalue weighted by Gasteiger charge is 2.22. The first-order valence-corrected chi connectivity index (χ1v) is 4.10. The maximum atomic E-state index is 10.5. The molecule has 0 aliphatic carbocycles. The molecule has 1 aromatic carbocycles. The van der Waals surface area contributed by atoms with Crippen molar-refractivity contribution in [2.45, 2.75) is 12.5 Å². The van der Waals surface area contributed by atoms with Gasteiger partial charge >= 0.3 is 0 Å². The van der Waals surface area contributed by atoms with Crippen LogP contribution in [0, 0.1) is 0 Å². The molecule has 5 nitrogen and oxygen atoms in total. The summed E-state index contributed by atoms with van der Waals surface area (Å²) in [5, 5.41) is 31.5. The van der Waals surface area contributed by atoms with Crippen molar-refractivity contribution in [3.63, 3.8) is 0 Å². The van der Waals surface area contributed by atoms with E-state index in [1.54, 1.807) is 0 Å². The van der Waals surface area contributed by atoms with Crippen LogP contribution in [0.25, 0.3) is 0 Å². The highest BCUT2D eigenvalue weighted by Crippen LogP contribution is 2.35. The van der Waals surface area contributed by atoms with Crippen LogP contribution in [0.1, 0.15) is 5.56 Å². The average Bonchev–Trinajstić information content (AvgIpc) is 2.48. The number of phenols is 2. The van der Waals surface area contributed by atoms with E-state index < -0.39 is 12.0 Å². The molecular weight excluding hydrogens is 186 g/mol. The number of hydrogen-bond donors (Lipinski definition) is 3. The van der Waals surface area contributed by atoms with E-state index in [4.69, 9.17) is 10.2 Å². The minimum Gasteiger partial charge on any atom is -0.548 e. The van der Waals surface area contributed by atoms with E-state index in [1.165, 1.54) is 12.1 Å². The van der Waals surface area contributed by atoms with Crippen molar-refractivity contribution in [2.24, 2.45) is 0 Å². The summed E-state index contributed by atoms with van der Waals surface area (Å²) in [7, 11) is 0. The van der Waals surface area contributed by atoms with Crippen molar-refractivity contribution in [1.82, 2.24) is 0 Å². The van der Waals surface area contributed by atoms with Crippen LogP contribution >= 0.6 is 0 Å². The second-order valence-corrected chi connectivity index (χ2v) is 3.22. The van der Waals surface area contributed by atoms with Crippen molar-refractivity contribution < 1.29 is 20.1 Å². The predicted octanol–water partition coefficient (Wildman–Crippen LogP) is -0.816. The van der Waals surface area contributed by atoms with Gasteiger partial charge in [-0.05, 0) is 11.6 Å².